The van der Waals surface area contributed by atoms with Gasteiger partial charge in [0.15, 0.2) is 0 Å². The molecular formula is C11H14Cl3N3O3. The van der Waals surface area contributed by atoms with Crippen LogP contribution in [0.5, 0.6) is 0 Å². The minimum Gasteiger partial charge on any atom is -0.460 e. The number of primary amides is 1. The first-order valence-electron chi connectivity index (χ1n) is 5.36. The number of nitrogens with two attached hydrogens (primary N) is 1. The molecule has 0 aliphatic heterocycles. The van der Waals surface area contributed by atoms with Crippen LogP contribution in [0.3, 0.4) is 0 Å². The summed E-state index contributed by atoms with van der Waals surface area (Å²) in [5, 5.41) is 3.07. The van der Waals surface area contributed by atoms with E-state index in [-0.39, 0.29) is 35.7 Å². The molecule has 3 N–H and O–H groups in total. The summed E-state index contributed by atoms with van der Waals surface area (Å²) in [6.07, 6.45) is -0.132. The Morgan fingerprint density at radius 1 is 1.40 bits per heavy atom. The quantitative estimate of drug-likeness (QED) is 0.600. The average molecular weight is 343 g/mol. The second kappa shape index (κ2) is 8.97. The Labute approximate surface area is 132 Å². The van der Waals surface area contributed by atoms with Crippen LogP contribution in [0, 0.1) is 0 Å². The normalized spacial score (nSPS) is 11.3. The lowest BCUT2D eigenvalue weighted by atomic mass is 10.2. The van der Waals surface area contributed by atoms with Gasteiger partial charge in [-0.3, -0.25) is 9.59 Å². The van der Waals surface area contributed by atoms with E-state index in [1.54, 1.807) is 0 Å². The minimum atomic E-state index is -0.773. The van der Waals surface area contributed by atoms with Gasteiger partial charge in [-0.15, -0.1) is 12.4 Å². The van der Waals surface area contributed by atoms with E-state index in [1.807, 2.05) is 0 Å². The highest BCUT2D eigenvalue weighted by Gasteiger charge is 2.20. The molecule has 0 fully saturated rings. The van der Waals surface area contributed by atoms with Crippen molar-refractivity contribution >= 4 is 47.5 Å². The summed E-state index contributed by atoms with van der Waals surface area (Å²) in [5.74, 6) is -1.17. The number of nitrogens with one attached hydrogen (secondary N) is 1. The third-order valence-corrected chi connectivity index (χ3v) is 2.63. The number of likely N-dealkylation sites (N-methyl/N-ethyl adjacent to an activating group) is 1. The van der Waals surface area contributed by atoms with Crippen molar-refractivity contribution in [3.8, 4) is 0 Å². The van der Waals surface area contributed by atoms with Gasteiger partial charge in [-0.25, -0.2) is 4.98 Å². The Kier molecular flexibility index (Phi) is 8.48. The Bertz CT molecular complexity index is 465. The van der Waals surface area contributed by atoms with Gasteiger partial charge in [-0.05, 0) is 24.7 Å². The molecule has 0 unspecified atom stereocenters. The van der Waals surface area contributed by atoms with Crippen molar-refractivity contribution in [2.45, 2.75) is 19.1 Å². The van der Waals surface area contributed by atoms with E-state index in [0.717, 1.165) is 0 Å². The largest absolute Gasteiger partial charge is 0.460 e. The lowest BCUT2D eigenvalue weighted by molar-refractivity contribution is -0.148. The number of halogens is 3. The molecule has 1 amide bonds. The number of aromatic nitrogens is 1. The molecule has 6 nitrogen and oxygen atoms in total. The topological polar surface area (TPSA) is 94.3 Å². The summed E-state index contributed by atoms with van der Waals surface area (Å²) in [7, 11) is 1.54. The van der Waals surface area contributed by atoms with Crippen LogP contribution < -0.4 is 11.1 Å². The molecular weight excluding hydrogens is 328 g/mol. The van der Waals surface area contributed by atoms with Gasteiger partial charge >= 0.3 is 5.97 Å². The number of pyridine rings is 1. The van der Waals surface area contributed by atoms with E-state index in [9.17, 15) is 9.59 Å². The molecule has 1 heterocycles. The predicted molar refractivity (Wildman–Crippen MR) is 78.0 cm³/mol. The molecule has 0 bridgehead atoms. The molecule has 9 heteroatoms. The second-order valence-corrected chi connectivity index (χ2v) is 4.51. The SMILES string of the molecule is CN[C@@H](CC(N)=O)C(=O)OCc1cc(Cl)nc(Cl)c1.Cl. The van der Waals surface area contributed by atoms with E-state index in [1.165, 1.54) is 19.2 Å². The van der Waals surface area contributed by atoms with E-state index >= 15 is 0 Å². The van der Waals surface area contributed by atoms with Crippen molar-refractivity contribution in [3.63, 3.8) is 0 Å². The summed E-state index contributed by atoms with van der Waals surface area (Å²) in [6, 6.07) is 2.29. The van der Waals surface area contributed by atoms with Crippen LogP contribution in [0.4, 0.5) is 0 Å². The molecule has 1 atom stereocenters. The van der Waals surface area contributed by atoms with Crippen LogP contribution in [0.15, 0.2) is 12.1 Å². The molecule has 20 heavy (non-hydrogen) atoms. The number of carbonyl (C=O) groups is 2. The molecule has 1 aromatic heterocycles. The Morgan fingerprint density at radius 3 is 2.40 bits per heavy atom. The number of rotatable bonds is 6. The Hall–Kier alpha value is -1.08. The predicted octanol–water partition coefficient (Wildman–Crippen LogP) is 1.32. The zero-order valence-electron chi connectivity index (χ0n) is 10.6. The standard InChI is InChI=1S/C11H13Cl2N3O3.ClH/c1-15-7(4-10(14)17)11(18)19-5-6-2-8(12)16-9(13)3-6;/h2-3,7,15H,4-5H2,1H3,(H2,14,17);1H/t7-;/m0./s1. The average Bonchev–Trinajstić information content (AvgIpc) is 2.31. The maximum absolute atomic E-state index is 11.7. The first kappa shape index (κ1) is 18.9. The third kappa shape index (κ3) is 6.38. The van der Waals surface area contributed by atoms with Gasteiger partial charge in [-0.2, -0.15) is 0 Å². The maximum Gasteiger partial charge on any atom is 0.323 e. The smallest absolute Gasteiger partial charge is 0.323 e. The fourth-order valence-electron chi connectivity index (χ4n) is 1.36. The van der Waals surface area contributed by atoms with Gasteiger partial charge in [0.25, 0.3) is 0 Å². The fourth-order valence-corrected chi connectivity index (χ4v) is 1.86. The van der Waals surface area contributed by atoms with Crippen LogP contribution in [-0.4, -0.2) is 29.9 Å². The first-order chi connectivity index (χ1) is 8.92. The number of ether oxygens (including phenoxy) is 1. The summed E-state index contributed by atoms with van der Waals surface area (Å²) >= 11 is 11.4. The minimum absolute atomic E-state index is 0. The van der Waals surface area contributed by atoms with Crippen LogP contribution in [0.25, 0.3) is 0 Å². The van der Waals surface area contributed by atoms with Gasteiger partial charge < -0.3 is 15.8 Å². The van der Waals surface area contributed by atoms with Gasteiger partial charge in [-0.1, -0.05) is 23.2 Å². The van der Waals surface area contributed by atoms with Crippen LogP contribution in [0.2, 0.25) is 10.3 Å². The van der Waals surface area contributed by atoms with Gasteiger partial charge in [0.05, 0.1) is 6.42 Å². The molecule has 0 aliphatic carbocycles. The molecule has 1 aromatic rings. The van der Waals surface area contributed by atoms with Crippen molar-refractivity contribution in [2.75, 3.05) is 7.05 Å². The molecule has 1 rings (SSSR count). The maximum atomic E-state index is 11.7. The van der Waals surface area contributed by atoms with Crippen LogP contribution >= 0.6 is 35.6 Å². The third-order valence-electron chi connectivity index (χ3n) is 2.24. The van der Waals surface area contributed by atoms with Crippen molar-refractivity contribution < 1.29 is 14.3 Å². The zero-order valence-corrected chi connectivity index (χ0v) is 12.9. The summed E-state index contributed by atoms with van der Waals surface area (Å²) in [6.45, 7) is -0.0161. The van der Waals surface area contributed by atoms with E-state index in [4.69, 9.17) is 33.7 Å². The van der Waals surface area contributed by atoms with Crippen molar-refractivity contribution in [3.05, 3.63) is 28.0 Å². The molecule has 0 spiro atoms. The number of hydrogen-bond acceptors (Lipinski definition) is 5. The number of hydrogen-bond donors (Lipinski definition) is 2. The van der Waals surface area contributed by atoms with E-state index in [0.29, 0.717) is 5.56 Å². The molecule has 0 saturated carbocycles. The van der Waals surface area contributed by atoms with Crippen LogP contribution in [-0.2, 0) is 20.9 Å². The molecule has 112 valence electrons. The number of esters is 1. The number of amides is 1. The van der Waals surface area contributed by atoms with Crippen molar-refractivity contribution in [1.29, 1.82) is 0 Å². The lowest BCUT2D eigenvalue weighted by Gasteiger charge is -2.13. The highest BCUT2D eigenvalue weighted by molar-refractivity contribution is 6.32. The Morgan fingerprint density at radius 2 is 1.95 bits per heavy atom. The van der Waals surface area contributed by atoms with Gasteiger partial charge in [0.1, 0.15) is 23.0 Å². The van der Waals surface area contributed by atoms with Crippen molar-refractivity contribution in [2.24, 2.45) is 5.73 Å². The summed E-state index contributed by atoms with van der Waals surface area (Å²) < 4.78 is 5.04. The monoisotopic (exact) mass is 341 g/mol. The molecule has 0 saturated heterocycles. The highest BCUT2D eigenvalue weighted by Crippen LogP contribution is 2.15. The van der Waals surface area contributed by atoms with Gasteiger partial charge in [0, 0.05) is 0 Å². The fraction of sp³-hybridized carbons (Fsp3) is 0.364. The summed E-state index contributed by atoms with van der Waals surface area (Å²) in [5.41, 5.74) is 5.63. The van der Waals surface area contributed by atoms with Crippen molar-refractivity contribution in [1.82, 2.24) is 10.3 Å². The first-order valence-corrected chi connectivity index (χ1v) is 6.12. The highest BCUT2D eigenvalue weighted by atomic mass is 35.5. The zero-order chi connectivity index (χ0) is 14.4. The molecule has 0 aliphatic rings. The van der Waals surface area contributed by atoms with Gasteiger partial charge in [0.2, 0.25) is 5.91 Å². The number of carbonyl (C=O) groups excluding carboxylic acids is 2. The molecule has 0 radical (unpaired) electrons. The molecule has 0 aromatic carbocycles. The van der Waals surface area contributed by atoms with E-state index < -0.39 is 17.9 Å². The van der Waals surface area contributed by atoms with Crippen LogP contribution in [0.1, 0.15) is 12.0 Å². The van der Waals surface area contributed by atoms with E-state index in [2.05, 4.69) is 10.3 Å². The summed E-state index contributed by atoms with van der Waals surface area (Å²) in [4.78, 5) is 26.2. The Balaban J connectivity index is 0.00000361. The second-order valence-electron chi connectivity index (χ2n) is 3.74. The number of nitrogens with zero attached hydrogens (tertiary/aromatic N) is 1. The lowest BCUT2D eigenvalue weighted by Crippen LogP contribution is -2.39.